The molecule has 0 radical (unpaired) electrons. The molecular formula is C20H16F3N3. The zero-order chi connectivity index (χ0) is 18.7. The zero-order valence-corrected chi connectivity index (χ0v) is 13.9. The molecule has 0 aliphatic heterocycles. The molecule has 3 aromatic rings. The van der Waals surface area contributed by atoms with Crippen LogP contribution in [0.5, 0.6) is 0 Å². The Morgan fingerprint density at radius 1 is 0.962 bits per heavy atom. The van der Waals surface area contributed by atoms with Crippen LogP contribution in [0.2, 0.25) is 0 Å². The van der Waals surface area contributed by atoms with Crippen molar-refractivity contribution in [1.82, 2.24) is 4.98 Å². The van der Waals surface area contributed by atoms with Crippen molar-refractivity contribution in [3.8, 4) is 22.3 Å². The van der Waals surface area contributed by atoms with Gasteiger partial charge in [0.2, 0.25) is 0 Å². The molecular weight excluding hydrogens is 339 g/mol. The van der Waals surface area contributed by atoms with Gasteiger partial charge >= 0.3 is 6.18 Å². The molecule has 0 saturated heterocycles. The van der Waals surface area contributed by atoms with Gasteiger partial charge in [-0.05, 0) is 53.4 Å². The molecule has 0 aliphatic carbocycles. The Morgan fingerprint density at radius 2 is 1.73 bits per heavy atom. The zero-order valence-electron chi connectivity index (χ0n) is 13.9. The van der Waals surface area contributed by atoms with Crippen molar-refractivity contribution in [1.29, 1.82) is 5.41 Å². The smallest absolute Gasteiger partial charge is 0.347 e. The molecule has 0 atom stereocenters. The quantitative estimate of drug-likeness (QED) is 0.480. The van der Waals surface area contributed by atoms with Gasteiger partial charge in [0, 0.05) is 6.20 Å². The van der Waals surface area contributed by atoms with Crippen molar-refractivity contribution in [3.63, 3.8) is 0 Å². The molecule has 1 aromatic heterocycles. The monoisotopic (exact) mass is 355 g/mol. The van der Waals surface area contributed by atoms with E-state index in [4.69, 9.17) is 5.41 Å². The van der Waals surface area contributed by atoms with Crippen LogP contribution in [0.3, 0.4) is 0 Å². The molecule has 3 rings (SSSR count). The van der Waals surface area contributed by atoms with Gasteiger partial charge in [-0.25, -0.2) is 4.99 Å². The first kappa shape index (κ1) is 17.7. The number of aromatic nitrogens is 1. The van der Waals surface area contributed by atoms with Crippen LogP contribution < -0.4 is 5.49 Å². The standard InChI is InChI=1S/C20H16F3N3/c1-13-5-6-17(14-3-2-4-16(10-14)20(21,22)23)18(9-13)15-7-8-25-19(11-15)26-12-24/h2-12H,1H3,(H2,24,25,26). The van der Waals surface area contributed by atoms with Crippen molar-refractivity contribution in [3.05, 3.63) is 77.4 Å². The van der Waals surface area contributed by atoms with Crippen molar-refractivity contribution < 1.29 is 13.2 Å². The Kier molecular flexibility index (Phi) is 4.75. The number of aromatic amines is 1. The number of aryl methyl sites for hydroxylation is 1. The van der Waals surface area contributed by atoms with E-state index in [-0.39, 0.29) is 0 Å². The molecule has 2 aromatic carbocycles. The van der Waals surface area contributed by atoms with Gasteiger partial charge < -0.3 is 4.98 Å². The molecule has 3 nitrogen and oxygen atoms in total. The Labute approximate surface area is 148 Å². The summed E-state index contributed by atoms with van der Waals surface area (Å²) in [5.41, 5.74) is 3.62. The minimum absolute atomic E-state index is 0.494. The summed E-state index contributed by atoms with van der Waals surface area (Å²) in [5, 5.41) is 7.09. The largest absolute Gasteiger partial charge is 0.416 e. The van der Waals surface area contributed by atoms with E-state index >= 15 is 0 Å². The van der Waals surface area contributed by atoms with Crippen LogP contribution >= 0.6 is 0 Å². The lowest BCUT2D eigenvalue weighted by Gasteiger charge is -2.13. The average molecular weight is 355 g/mol. The minimum Gasteiger partial charge on any atom is -0.347 e. The van der Waals surface area contributed by atoms with Crippen molar-refractivity contribution in [2.75, 3.05) is 0 Å². The lowest BCUT2D eigenvalue weighted by Crippen LogP contribution is -2.06. The highest BCUT2D eigenvalue weighted by Crippen LogP contribution is 2.36. The van der Waals surface area contributed by atoms with E-state index in [1.165, 1.54) is 6.07 Å². The molecule has 6 heteroatoms. The summed E-state index contributed by atoms with van der Waals surface area (Å²) in [6.07, 6.45) is -1.77. The highest BCUT2D eigenvalue weighted by atomic mass is 19.4. The summed E-state index contributed by atoms with van der Waals surface area (Å²) in [6, 6.07) is 14.5. The van der Waals surface area contributed by atoms with Gasteiger partial charge in [-0.2, -0.15) is 13.2 Å². The van der Waals surface area contributed by atoms with Gasteiger partial charge in [0.05, 0.1) is 5.56 Å². The molecule has 0 saturated carbocycles. The summed E-state index contributed by atoms with van der Waals surface area (Å²) in [6.45, 7) is 1.93. The van der Waals surface area contributed by atoms with Crippen molar-refractivity contribution in [2.24, 2.45) is 4.99 Å². The van der Waals surface area contributed by atoms with Crippen LogP contribution in [-0.2, 0) is 6.18 Å². The fraction of sp³-hybridized carbons (Fsp3) is 0.100. The maximum Gasteiger partial charge on any atom is 0.416 e. The fourth-order valence-corrected chi connectivity index (χ4v) is 2.78. The number of alkyl halides is 3. The van der Waals surface area contributed by atoms with Gasteiger partial charge in [0.15, 0.2) is 0 Å². The fourth-order valence-electron chi connectivity index (χ4n) is 2.78. The number of nitrogens with one attached hydrogen (secondary N) is 2. The van der Waals surface area contributed by atoms with E-state index in [1.807, 2.05) is 31.2 Å². The molecule has 0 bridgehead atoms. The van der Waals surface area contributed by atoms with E-state index < -0.39 is 11.7 Å². The second kappa shape index (κ2) is 7.00. The molecule has 0 unspecified atom stereocenters. The van der Waals surface area contributed by atoms with Gasteiger partial charge in [-0.15, -0.1) is 0 Å². The number of hydrogen-bond acceptors (Lipinski definition) is 1. The van der Waals surface area contributed by atoms with Crippen LogP contribution in [0.25, 0.3) is 22.3 Å². The first-order chi connectivity index (χ1) is 12.4. The number of H-pyrrole nitrogens is 1. The molecule has 1 heterocycles. The summed E-state index contributed by atoms with van der Waals surface area (Å²) >= 11 is 0. The van der Waals surface area contributed by atoms with Crippen molar-refractivity contribution in [2.45, 2.75) is 13.1 Å². The van der Waals surface area contributed by atoms with E-state index in [9.17, 15) is 13.2 Å². The average Bonchev–Trinajstić information content (AvgIpc) is 2.61. The number of benzene rings is 2. The third kappa shape index (κ3) is 3.74. The van der Waals surface area contributed by atoms with Crippen LogP contribution in [0.15, 0.2) is 65.8 Å². The lowest BCUT2D eigenvalue weighted by molar-refractivity contribution is -0.137. The van der Waals surface area contributed by atoms with E-state index in [2.05, 4.69) is 9.98 Å². The number of nitrogens with zero attached hydrogens (tertiary/aromatic N) is 1. The highest BCUT2D eigenvalue weighted by Gasteiger charge is 2.30. The maximum absolute atomic E-state index is 13.1. The summed E-state index contributed by atoms with van der Waals surface area (Å²) in [4.78, 5) is 6.82. The third-order valence-electron chi connectivity index (χ3n) is 3.98. The number of rotatable bonds is 3. The maximum atomic E-state index is 13.1. The molecule has 0 spiro atoms. The van der Waals surface area contributed by atoms with Crippen LogP contribution in [0, 0.1) is 12.3 Å². The van der Waals surface area contributed by atoms with Gasteiger partial charge in [0.25, 0.3) is 0 Å². The second-order valence-electron chi connectivity index (χ2n) is 5.85. The molecule has 26 heavy (non-hydrogen) atoms. The minimum atomic E-state index is -4.39. The molecule has 0 aliphatic rings. The second-order valence-corrected chi connectivity index (χ2v) is 5.85. The Hall–Kier alpha value is -3.15. The molecule has 2 N–H and O–H groups in total. The van der Waals surface area contributed by atoms with E-state index in [0.29, 0.717) is 16.6 Å². The Bertz CT molecular complexity index is 1020. The van der Waals surface area contributed by atoms with E-state index in [1.54, 1.807) is 18.3 Å². The van der Waals surface area contributed by atoms with Crippen molar-refractivity contribution >= 4 is 6.34 Å². The Morgan fingerprint density at radius 3 is 2.46 bits per heavy atom. The lowest BCUT2D eigenvalue weighted by atomic mass is 9.92. The number of halogens is 3. The van der Waals surface area contributed by atoms with Crippen LogP contribution in [0.1, 0.15) is 11.1 Å². The van der Waals surface area contributed by atoms with Gasteiger partial charge in [-0.1, -0.05) is 35.9 Å². The molecule has 0 fully saturated rings. The number of hydrogen-bond donors (Lipinski definition) is 2. The summed E-state index contributed by atoms with van der Waals surface area (Å²) < 4.78 is 39.2. The van der Waals surface area contributed by atoms with Gasteiger partial charge in [-0.3, -0.25) is 5.41 Å². The third-order valence-corrected chi connectivity index (χ3v) is 3.98. The first-order valence-electron chi connectivity index (χ1n) is 7.88. The van der Waals surface area contributed by atoms with E-state index in [0.717, 1.165) is 35.2 Å². The Balaban J connectivity index is 2.21. The predicted molar refractivity (Wildman–Crippen MR) is 95.8 cm³/mol. The summed E-state index contributed by atoms with van der Waals surface area (Å²) in [7, 11) is 0. The first-order valence-corrected chi connectivity index (χ1v) is 7.88. The van der Waals surface area contributed by atoms with Crippen LogP contribution in [-0.4, -0.2) is 11.3 Å². The SMILES string of the molecule is Cc1ccc(-c2cccc(C(F)(F)F)c2)c(-c2cc[nH]/c(=N\C=N)c2)c1. The number of pyridine rings is 1. The normalized spacial score (nSPS) is 12.2. The molecule has 0 amide bonds. The topological polar surface area (TPSA) is 52.0 Å². The van der Waals surface area contributed by atoms with Gasteiger partial charge in [0.1, 0.15) is 11.8 Å². The predicted octanol–water partition coefficient (Wildman–Crippen LogP) is 5.18. The van der Waals surface area contributed by atoms with Crippen LogP contribution in [0.4, 0.5) is 13.2 Å². The summed E-state index contributed by atoms with van der Waals surface area (Å²) in [5.74, 6) is 0. The molecule has 132 valence electrons. The highest BCUT2D eigenvalue weighted by molar-refractivity contribution is 5.84.